The standard InChI is InChI=1S/C20H36N4O4/c1-6-8-18(12-21)23-20(26-9-7-2)24(5)28-14-17-10-19(11-17)27-13-15(3)22-16(4)25/h6,8,15,17,19H,1,7,9-14,21H2,2-5H3,(H,22,25)/b18-8+,23-20?/t15-,17?,19?/m0/s1. The molecule has 1 fully saturated rings. The number of amides is 1. The summed E-state index contributed by atoms with van der Waals surface area (Å²) in [5.41, 5.74) is 6.37. The summed E-state index contributed by atoms with van der Waals surface area (Å²) in [5.74, 6) is 0.385. The van der Waals surface area contributed by atoms with Crippen LogP contribution in [0.4, 0.5) is 0 Å². The summed E-state index contributed by atoms with van der Waals surface area (Å²) >= 11 is 0. The summed E-state index contributed by atoms with van der Waals surface area (Å²) in [7, 11) is 1.78. The number of aliphatic imine (C=N–C) groups is 1. The zero-order chi connectivity index (χ0) is 20.9. The van der Waals surface area contributed by atoms with Gasteiger partial charge in [0.15, 0.2) is 0 Å². The number of nitrogens with one attached hydrogen (secondary N) is 1. The van der Waals surface area contributed by atoms with Gasteiger partial charge in [-0.1, -0.05) is 19.6 Å². The lowest BCUT2D eigenvalue weighted by Gasteiger charge is -2.36. The van der Waals surface area contributed by atoms with Crippen LogP contribution in [0.15, 0.2) is 29.4 Å². The molecule has 0 aromatic carbocycles. The predicted octanol–water partition coefficient (Wildman–Crippen LogP) is 1.98. The van der Waals surface area contributed by atoms with Crippen LogP contribution in [0.1, 0.15) is 40.0 Å². The van der Waals surface area contributed by atoms with E-state index in [1.54, 1.807) is 24.3 Å². The molecule has 0 unspecified atom stereocenters. The molecule has 0 saturated heterocycles. The Kier molecular flexibility index (Phi) is 11.5. The first-order valence-corrected chi connectivity index (χ1v) is 9.88. The van der Waals surface area contributed by atoms with Gasteiger partial charge in [-0.2, -0.15) is 4.99 Å². The fraction of sp³-hybridized carbons (Fsp3) is 0.700. The van der Waals surface area contributed by atoms with Gasteiger partial charge in [0.2, 0.25) is 5.91 Å². The molecule has 8 heteroatoms. The quantitative estimate of drug-likeness (QED) is 0.227. The maximum atomic E-state index is 11.0. The van der Waals surface area contributed by atoms with E-state index in [4.69, 9.17) is 20.0 Å². The van der Waals surface area contributed by atoms with E-state index in [0.29, 0.717) is 37.5 Å². The number of hydrogen-bond acceptors (Lipinski definition) is 6. The van der Waals surface area contributed by atoms with Gasteiger partial charge in [0, 0.05) is 26.6 Å². The maximum Gasteiger partial charge on any atom is 0.316 e. The Morgan fingerprint density at radius 2 is 2.18 bits per heavy atom. The van der Waals surface area contributed by atoms with E-state index in [0.717, 1.165) is 19.3 Å². The Balaban J connectivity index is 2.40. The molecular formula is C20H36N4O4. The Hall–Kier alpha value is -1.90. The molecule has 8 nitrogen and oxygen atoms in total. The number of allylic oxidation sites excluding steroid dienone is 2. The third-order valence-electron chi connectivity index (χ3n) is 4.19. The monoisotopic (exact) mass is 396 g/mol. The molecule has 1 amide bonds. The van der Waals surface area contributed by atoms with E-state index in [1.807, 2.05) is 13.8 Å². The average Bonchev–Trinajstić information content (AvgIpc) is 2.61. The number of nitrogens with two attached hydrogens (primary N) is 1. The largest absolute Gasteiger partial charge is 0.463 e. The van der Waals surface area contributed by atoms with Crippen LogP contribution in [-0.2, 0) is 19.1 Å². The Labute approximate surface area is 168 Å². The van der Waals surface area contributed by atoms with Gasteiger partial charge in [0.25, 0.3) is 0 Å². The van der Waals surface area contributed by atoms with E-state index in [1.165, 1.54) is 6.92 Å². The molecule has 0 aliphatic heterocycles. The van der Waals surface area contributed by atoms with Crippen molar-refractivity contribution in [2.45, 2.75) is 52.2 Å². The van der Waals surface area contributed by atoms with E-state index in [9.17, 15) is 4.79 Å². The molecule has 28 heavy (non-hydrogen) atoms. The molecule has 1 saturated carbocycles. The van der Waals surface area contributed by atoms with Crippen molar-refractivity contribution >= 4 is 11.9 Å². The van der Waals surface area contributed by atoms with Crippen molar-refractivity contribution in [1.82, 2.24) is 10.4 Å². The summed E-state index contributed by atoms with van der Waals surface area (Å²) in [6.07, 6.45) is 6.36. The first-order valence-electron chi connectivity index (χ1n) is 9.88. The second kappa shape index (κ2) is 13.3. The van der Waals surface area contributed by atoms with Crippen molar-refractivity contribution in [3.05, 3.63) is 24.4 Å². The van der Waals surface area contributed by atoms with E-state index in [-0.39, 0.29) is 24.6 Å². The van der Waals surface area contributed by atoms with Crippen LogP contribution >= 0.6 is 0 Å². The zero-order valence-electron chi connectivity index (χ0n) is 17.6. The van der Waals surface area contributed by atoms with Crippen molar-refractivity contribution in [1.29, 1.82) is 0 Å². The lowest BCUT2D eigenvalue weighted by molar-refractivity contribution is -0.140. The van der Waals surface area contributed by atoms with Crippen molar-refractivity contribution < 1.29 is 19.1 Å². The van der Waals surface area contributed by atoms with Gasteiger partial charge in [0.05, 0.1) is 31.6 Å². The molecule has 1 aliphatic carbocycles. The molecule has 0 heterocycles. The first kappa shape index (κ1) is 24.1. The highest BCUT2D eigenvalue weighted by Crippen LogP contribution is 2.30. The molecule has 1 aliphatic rings. The number of amidine groups is 1. The molecule has 0 aromatic heterocycles. The number of carbonyl (C=O) groups is 1. The van der Waals surface area contributed by atoms with Crippen LogP contribution < -0.4 is 11.1 Å². The van der Waals surface area contributed by atoms with Gasteiger partial charge in [-0.15, -0.1) is 0 Å². The van der Waals surface area contributed by atoms with Crippen LogP contribution in [0.3, 0.4) is 0 Å². The Bertz CT molecular complexity index is 544. The second-order valence-corrected chi connectivity index (χ2v) is 7.03. The average molecular weight is 397 g/mol. The molecule has 0 spiro atoms. The minimum atomic E-state index is -0.0393. The molecule has 1 atom stereocenters. The summed E-state index contributed by atoms with van der Waals surface area (Å²) in [5, 5.41) is 4.36. The SMILES string of the molecule is C=C/C=C(\CN)N=C(OCCC)N(C)OCC1CC(OC[C@H](C)NC(C)=O)C1. The van der Waals surface area contributed by atoms with Crippen LogP contribution in [0.25, 0.3) is 0 Å². The minimum Gasteiger partial charge on any atom is -0.463 e. The highest BCUT2D eigenvalue weighted by atomic mass is 16.7. The third kappa shape index (κ3) is 9.34. The fourth-order valence-corrected chi connectivity index (χ4v) is 2.68. The van der Waals surface area contributed by atoms with Gasteiger partial charge in [-0.25, -0.2) is 5.06 Å². The van der Waals surface area contributed by atoms with Crippen molar-refractivity contribution in [3.63, 3.8) is 0 Å². The van der Waals surface area contributed by atoms with Crippen LogP contribution in [-0.4, -0.2) is 62.6 Å². The van der Waals surface area contributed by atoms with E-state index < -0.39 is 0 Å². The molecule has 0 aromatic rings. The van der Waals surface area contributed by atoms with Gasteiger partial charge in [-0.05, 0) is 38.2 Å². The lowest BCUT2D eigenvalue weighted by atomic mass is 9.83. The molecule has 0 radical (unpaired) electrons. The number of hydrogen-bond donors (Lipinski definition) is 2. The number of carbonyl (C=O) groups excluding carboxylic acids is 1. The van der Waals surface area contributed by atoms with Crippen LogP contribution in [0, 0.1) is 5.92 Å². The number of ether oxygens (including phenoxy) is 2. The van der Waals surface area contributed by atoms with E-state index in [2.05, 4.69) is 16.9 Å². The molecule has 1 rings (SSSR count). The van der Waals surface area contributed by atoms with Gasteiger partial charge in [-0.3, -0.25) is 9.63 Å². The summed E-state index contributed by atoms with van der Waals surface area (Å²) in [6, 6.07) is 0.408. The normalized spacial score (nSPS) is 20.9. The van der Waals surface area contributed by atoms with Crippen LogP contribution in [0.2, 0.25) is 0 Å². The highest BCUT2D eigenvalue weighted by molar-refractivity contribution is 5.74. The third-order valence-corrected chi connectivity index (χ3v) is 4.19. The van der Waals surface area contributed by atoms with Crippen molar-refractivity contribution in [3.8, 4) is 0 Å². The Morgan fingerprint density at radius 1 is 1.46 bits per heavy atom. The van der Waals surface area contributed by atoms with Gasteiger partial charge in [0.1, 0.15) is 0 Å². The summed E-state index contributed by atoms with van der Waals surface area (Å²) < 4.78 is 11.5. The zero-order valence-corrected chi connectivity index (χ0v) is 17.6. The van der Waals surface area contributed by atoms with Gasteiger partial charge < -0.3 is 20.5 Å². The van der Waals surface area contributed by atoms with Crippen LogP contribution in [0.5, 0.6) is 0 Å². The van der Waals surface area contributed by atoms with Crippen molar-refractivity contribution in [2.75, 3.05) is 33.4 Å². The van der Waals surface area contributed by atoms with Crippen molar-refractivity contribution in [2.24, 2.45) is 16.6 Å². The Morgan fingerprint density at radius 3 is 2.75 bits per heavy atom. The van der Waals surface area contributed by atoms with Gasteiger partial charge >= 0.3 is 6.02 Å². The summed E-state index contributed by atoms with van der Waals surface area (Å²) in [4.78, 5) is 21.3. The number of rotatable bonds is 12. The smallest absolute Gasteiger partial charge is 0.316 e. The summed E-state index contributed by atoms with van der Waals surface area (Å²) in [6.45, 7) is 11.1. The highest BCUT2D eigenvalue weighted by Gasteiger charge is 2.31. The molecule has 0 bridgehead atoms. The molecular weight excluding hydrogens is 360 g/mol. The first-order chi connectivity index (χ1) is 13.4. The number of nitrogens with zero attached hydrogens (tertiary/aromatic N) is 2. The minimum absolute atomic E-state index is 0.0220. The number of hydroxylamine groups is 2. The lowest BCUT2D eigenvalue weighted by Crippen LogP contribution is -2.41. The van der Waals surface area contributed by atoms with E-state index >= 15 is 0 Å². The fourth-order valence-electron chi connectivity index (χ4n) is 2.68. The predicted molar refractivity (Wildman–Crippen MR) is 110 cm³/mol. The second-order valence-electron chi connectivity index (χ2n) is 7.03. The maximum absolute atomic E-state index is 11.0. The molecule has 3 N–H and O–H groups in total. The molecule has 160 valence electrons. The topological polar surface area (TPSA) is 98.4 Å².